The summed E-state index contributed by atoms with van der Waals surface area (Å²) in [6.45, 7) is 6.50. The largest absolute Gasteiger partial charge is 0.353 e. The number of carbonyl (C=O) groups is 1. The summed E-state index contributed by atoms with van der Waals surface area (Å²) in [5.74, 6) is 0.748. The van der Waals surface area contributed by atoms with Gasteiger partial charge in [0, 0.05) is 34.7 Å². The molecule has 1 aliphatic heterocycles. The smallest absolute Gasteiger partial charge is 0.244 e. The first-order valence-corrected chi connectivity index (χ1v) is 12.5. The van der Waals surface area contributed by atoms with Gasteiger partial charge in [-0.25, -0.2) is 0 Å². The van der Waals surface area contributed by atoms with Crippen LogP contribution >= 0.6 is 23.2 Å². The molecule has 0 unspecified atom stereocenters. The van der Waals surface area contributed by atoms with Gasteiger partial charge in [-0.3, -0.25) is 4.79 Å². The molecule has 2 fully saturated rings. The summed E-state index contributed by atoms with van der Waals surface area (Å²) in [5.41, 5.74) is 0.789. The number of amides is 1. The van der Waals surface area contributed by atoms with Crippen molar-refractivity contribution in [2.45, 2.75) is 64.0 Å². The third-order valence-electron chi connectivity index (χ3n) is 7.05. The summed E-state index contributed by atoms with van der Waals surface area (Å²) < 4.78 is 0. The van der Waals surface area contributed by atoms with Crippen LogP contribution in [0.15, 0.2) is 24.3 Å². The second-order valence-electron chi connectivity index (χ2n) is 9.21. The Morgan fingerprint density at radius 2 is 1.94 bits per heavy atom. The first-order chi connectivity index (χ1) is 14.9. The van der Waals surface area contributed by atoms with Gasteiger partial charge in [-0.2, -0.15) is 0 Å². The van der Waals surface area contributed by atoms with Gasteiger partial charge in [-0.05, 0) is 88.5 Å². The van der Waals surface area contributed by atoms with Crippen LogP contribution in [-0.2, 0) is 4.79 Å². The van der Waals surface area contributed by atoms with E-state index in [1.807, 2.05) is 6.07 Å². The van der Waals surface area contributed by atoms with Crippen molar-refractivity contribution in [3.05, 3.63) is 39.9 Å². The highest BCUT2D eigenvalue weighted by molar-refractivity contribution is 6.35. The number of halogens is 2. The lowest BCUT2D eigenvalue weighted by Gasteiger charge is -2.44. The molecular formula is C25H37Cl2N3O. The highest BCUT2D eigenvalue weighted by atomic mass is 35.5. The topological polar surface area (TPSA) is 35.6 Å². The van der Waals surface area contributed by atoms with Crippen LogP contribution < -0.4 is 5.32 Å². The fourth-order valence-electron chi connectivity index (χ4n) is 5.10. The molecule has 1 saturated carbocycles. The highest BCUT2D eigenvalue weighted by Gasteiger charge is 2.31. The van der Waals surface area contributed by atoms with Crippen molar-refractivity contribution < 1.29 is 4.79 Å². The second kappa shape index (κ2) is 12.2. The van der Waals surface area contributed by atoms with Gasteiger partial charge in [0.05, 0.1) is 0 Å². The summed E-state index contributed by atoms with van der Waals surface area (Å²) >= 11 is 12.0. The molecular weight excluding hydrogens is 429 g/mol. The quantitative estimate of drug-likeness (QED) is 0.407. The summed E-state index contributed by atoms with van der Waals surface area (Å²) in [5, 5.41) is 4.10. The van der Waals surface area contributed by atoms with Crippen molar-refractivity contribution in [1.82, 2.24) is 15.1 Å². The van der Waals surface area contributed by atoms with E-state index in [1.165, 1.54) is 57.7 Å². The Labute approximate surface area is 198 Å². The first kappa shape index (κ1) is 24.6. The van der Waals surface area contributed by atoms with Crippen LogP contribution in [0.4, 0.5) is 0 Å². The van der Waals surface area contributed by atoms with Gasteiger partial charge in [0.25, 0.3) is 0 Å². The maximum Gasteiger partial charge on any atom is 0.244 e. The van der Waals surface area contributed by atoms with Crippen LogP contribution in [0.2, 0.25) is 10.0 Å². The van der Waals surface area contributed by atoms with Crippen LogP contribution in [0.1, 0.15) is 57.4 Å². The third kappa shape index (κ3) is 7.49. The number of carbonyl (C=O) groups excluding carboxylic acids is 1. The normalized spacial score (nSPS) is 23.5. The van der Waals surface area contributed by atoms with E-state index in [0.29, 0.717) is 16.6 Å². The molecule has 6 heteroatoms. The van der Waals surface area contributed by atoms with Gasteiger partial charge >= 0.3 is 0 Å². The van der Waals surface area contributed by atoms with Crippen molar-refractivity contribution in [3.8, 4) is 0 Å². The molecule has 172 valence electrons. The number of hydrogen-bond acceptors (Lipinski definition) is 3. The number of rotatable bonds is 8. The van der Waals surface area contributed by atoms with Gasteiger partial charge in [-0.1, -0.05) is 49.0 Å². The van der Waals surface area contributed by atoms with Gasteiger partial charge in [0.2, 0.25) is 5.91 Å². The first-order valence-electron chi connectivity index (χ1n) is 11.8. The molecule has 0 radical (unpaired) electrons. The van der Waals surface area contributed by atoms with Gasteiger partial charge in [-0.15, -0.1) is 0 Å². The Balaban J connectivity index is 1.31. The number of likely N-dealkylation sites (tertiary alicyclic amines) is 1. The molecule has 3 rings (SSSR count). The van der Waals surface area contributed by atoms with Crippen molar-refractivity contribution in [1.29, 1.82) is 0 Å². The Morgan fingerprint density at radius 3 is 2.65 bits per heavy atom. The van der Waals surface area contributed by atoms with E-state index in [0.717, 1.165) is 36.5 Å². The molecule has 0 aromatic heterocycles. The number of benzene rings is 1. The van der Waals surface area contributed by atoms with Gasteiger partial charge in [0.1, 0.15) is 0 Å². The minimum Gasteiger partial charge on any atom is -0.353 e. The van der Waals surface area contributed by atoms with Gasteiger partial charge < -0.3 is 15.1 Å². The molecule has 31 heavy (non-hydrogen) atoms. The zero-order valence-corrected chi connectivity index (χ0v) is 20.5. The highest BCUT2D eigenvalue weighted by Crippen LogP contribution is 2.30. The van der Waals surface area contributed by atoms with Crippen LogP contribution in [-0.4, -0.2) is 61.0 Å². The predicted octanol–water partition coefficient (Wildman–Crippen LogP) is 5.49. The second-order valence-corrected chi connectivity index (χ2v) is 10.1. The Morgan fingerprint density at radius 1 is 1.19 bits per heavy atom. The molecule has 4 nitrogen and oxygen atoms in total. The Bertz CT molecular complexity index is 746. The summed E-state index contributed by atoms with van der Waals surface area (Å²) in [6, 6.07) is 6.76. The van der Waals surface area contributed by atoms with E-state index in [9.17, 15) is 4.79 Å². The molecule has 1 aromatic carbocycles. The summed E-state index contributed by atoms with van der Waals surface area (Å²) in [4.78, 5) is 17.3. The standard InChI is InChI=1S/C25H37Cl2N3O/c1-19-6-3-4-7-24(19)29(2)22-12-16-30(17-13-22)15-5-14-28-25(31)11-9-20-8-10-21(26)18-23(20)27/h8-11,18-19,22,24H,3-7,12-17H2,1-2H3,(H,28,31)/b11-9+/t19-,24-/m1/s1. The number of nitrogens with zero attached hydrogens (tertiary/aromatic N) is 2. The molecule has 2 atom stereocenters. The van der Waals surface area contributed by atoms with Crippen molar-refractivity contribution in [3.63, 3.8) is 0 Å². The minimum absolute atomic E-state index is 0.0899. The molecule has 0 spiro atoms. The van der Waals surface area contributed by atoms with Crippen LogP contribution in [0.25, 0.3) is 6.08 Å². The molecule has 1 heterocycles. The van der Waals surface area contributed by atoms with E-state index in [4.69, 9.17) is 23.2 Å². The molecule has 0 bridgehead atoms. The predicted molar refractivity (Wildman–Crippen MR) is 132 cm³/mol. The van der Waals surface area contributed by atoms with Crippen LogP contribution in [0.3, 0.4) is 0 Å². The number of hydrogen-bond donors (Lipinski definition) is 1. The average Bonchev–Trinajstić information content (AvgIpc) is 2.76. The lowest BCUT2D eigenvalue weighted by Crippen LogP contribution is -2.50. The lowest BCUT2D eigenvalue weighted by atomic mass is 9.84. The SMILES string of the molecule is C[C@@H]1CCCC[C@H]1N(C)C1CCN(CCCNC(=O)/C=C/c2ccc(Cl)cc2Cl)CC1. The fraction of sp³-hybridized carbons (Fsp3) is 0.640. The van der Waals surface area contributed by atoms with E-state index >= 15 is 0 Å². The molecule has 1 N–H and O–H groups in total. The molecule has 1 aliphatic carbocycles. The lowest BCUT2D eigenvalue weighted by molar-refractivity contribution is -0.116. The van der Waals surface area contributed by atoms with Crippen molar-refractivity contribution in [2.75, 3.05) is 33.2 Å². The summed E-state index contributed by atoms with van der Waals surface area (Å²) in [7, 11) is 2.35. The van der Waals surface area contributed by atoms with E-state index in [1.54, 1.807) is 18.2 Å². The van der Waals surface area contributed by atoms with Gasteiger partial charge in [0.15, 0.2) is 0 Å². The third-order valence-corrected chi connectivity index (χ3v) is 7.61. The van der Waals surface area contributed by atoms with E-state index in [-0.39, 0.29) is 5.91 Å². The Hall–Kier alpha value is -1.07. The number of nitrogens with one attached hydrogen (secondary N) is 1. The molecule has 2 aliphatic rings. The zero-order chi connectivity index (χ0) is 22.2. The maximum atomic E-state index is 12.1. The molecule has 1 amide bonds. The fourth-order valence-corrected chi connectivity index (χ4v) is 5.57. The average molecular weight is 466 g/mol. The van der Waals surface area contributed by atoms with Crippen molar-refractivity contribution >= 4 is 35.2 Å². The maximum absolute atomic E-state index is 12.1. The monoisotopic (exact) mass is 465 g/mol. The van der Waals surface area contributed by atoms with Crippen LogP contribution in [0.5, 0.6) is 0 Å². The summed E-state index contributed by atoms with van der Waals surface area (Å²) in [6.07, 6.45) is 12.3. The Kier molecular flexibility index (Phi) is 9.71. The zero-order valence-electron chi connectivity index (χ0n) is 19.0. The number of piperidine rings is 1. The molecule has 1 aromatic rings. The van der Waals surface area contributed by atoms with Crippen LogP contribution in [0, 0.1) is 5.92 Å². The van der Waals surface area contributed by atoms with E-state index < -0.39 is 0 Å². The van der Waals surface area contributed by atoms with E-state index in [2.05, 4.69) is 29.1 Å². The minimum atomic E-state index is -0.0899. The molecule has 1 saturated heterocycles. The van der Waals surface area contributed by atoms with Crippen molar-refractivity contribution in [2.24, 2.45) is 5.92 Å².